The van der Waals surface area contributed by atoms with Gasteiger partial charge in [0, 0.05) is 60.1 Å². The Kier molecular flexibility index (Phi) is 4.56. The van der Waals surface area contributed by atoms with Crippen LogP contribution in [-0.2, 0) is 5.41 Å². The fourth-order valence-corrected chi connectivity index (χ4v) is 4.75. The van der Waals surface area contributed by atoms with Crippen LogP contribution in [0.5, 0.6) is 0 Å². The third-order valence-corrected chi connectivity index (χ3v) is 6.77. The van der Waals surface area contributed by atoms with Crippen molar-refractivity contribution < 1.29 is 9.90 Å². The van der Waals surface area contributed by atoms with E-state index in [1.54, 1.807) is 18.4 Å². The monoisotopic (exact) mass is 421 g/mol. The van der Waals surface area contributed by atoms with E-state index >= 15 is 0 Å². The lowest BCUT2D eigenvalue weighted by molar-refractivity contribution is 0.0767. The maximum atomic E-state index is 12.7. The van der Waals surface area contributed by atoms with Crippen molar-refractivity contribution in [1.29, 1.82) is 0 Å². The SMILES string of the molecule is Cc1nc(-c2cnc(N3CC4(CC4)c4ccc(C(=O)N(C)CCO)cc43)nc2)cs1. The van der Waals surface area contributed by atoms with Gasteiger partial charge in [-0.15, -0.1) is 11.3 Å². The smallest absolute Gasteiger partial charge is 0.253 e. The van der Waals surface area contributed by atoms with Crippen LogP contribution in [0.2, 0.25) is 0 Å². The van der Waals surface area contributed by atoms with Gasteiger partial charge in [-0.25, -0.2) is 15.0 Å². The van der Waals surface area contributed by atoms with Crippen LogP contribution in [0.25, 0.3) is 11.3 Å². The predicted molar refractivity (Wildman–Crippen MR) is 116 cm³/mol. The lowest BCUT2D eigenvalue weighted by Gasteiger charge is -2.19. The van der Waals surface area contributed by atoms with E-state index in [0.717, 1.165) is 41.3 Å². The summed E-state index contributed by atoms with van der Waals surface area (Å²) in [5, 5.41) is 12.2. The van der Waals surface area contributed by atoms with Gasteiger partial charge in [-0.2, -0.15) is 0 Å². The number of hydrogen-bond donors (Lipinski definition) is 1. The van der Waals surface area contributed by atoms with E-state index in [0.29, 0.717) is 18.1 Å². The molecule has 3 heterocycles. The fourth-order valence-electron chi connectivity index (χ4n) is 4.13. The van der Waals surface area contributed by atoms with Crippen LogP contribution in [0.4, 0.5) is 11.6 Å². The van der Waals surface area contributed by atoms with Gasteiger partial charge in [0.05, 0.1) is 17.3 Å². The number of carbonyl (C=O) groups is 1. The second-order valence-corrected chi connectivity index (χ2v) is 9.13. The third-order valence-electron chi connectivity index (χ3n) is 6.00. The molecule has 30 heavy (non-hydrogen) atoms. The number of nitrogens with zero attached hydrogens (tertiary/aromatic N) is 5. The first-order valence-corrected chi connectivity index (χ1v) is 10.9. The number of rotatable bonds is 5. The Balaban J connectivity index is 1.48. The van der Waals surface area contributed by atoms with Crippen LogP contribution in [0, 0.1) is 6.92 Å². The van der Waals surface area contributed by atoms with Crippen molar-refractivity contribution in [3.8, 4) is 11.3 Å². The number of thiazole rings is 1. The van der Waals surface area contributed by atoms with Crippen molar-refractivity contribution >= 4 is 28.9 Å². The van der Waals surface area contributed by atoms with Crippen molar-refractivity contribution in [2.45, 2.75) is 25.2 Å². The Labute approximate surface area is 179 Å². The van der Waals surface area contributed by atoms with Crippen molar-refractivity contribution in [3.63, 3.8) is 0 Å². The zero-order valence-electron chi connectivity index (χ0n) is 17.0. The quantitative estimate of drug-likeness (QED) is 0.681. The Bertz CT molecular complexity index is 1110. The van der Waals surface area contributed by atoms with E-state index in [-0.39, 0.29) is 17.9 Å². The molecular weight excluding hydrogens is 398 g/mol. The van der Waals surface area contributed by atoms with Crippen molar-refractivity contribution in [2.75, 3.05) is 31.6 Å². The van der Waals surface area contributed by atoms with Crippen LogP contribution in [-0.4, -0.2) is 57.6 Å². The fraction of sp³-hybridized carbons (Fsp3) is 0.364. The van der Waals surface area contributed by atoms with Gasteiger partial charge in [0.15, 0.2) is 0 Å². The molecule has 154 valence electrons. The summed E-state index contributed by atoms with van der Waals surface area (Å²) < 4.78 is 0. The molecule has 1 fully saturated rings. The van der Waals surface area contributed by atoms with Crippen LogP contribution in [0.3, 0.4) is 0 Å². The molecule has 0 unspecified atom stereocenters. The first-order chi connectivity index (χ1) is 14.5. The van der Waals surface area contributed by atoms with E-state index in [9.17, 15) is 4.79 Å². The molecule has 7 nitrogen and oxygen atoms in total. The minimum absolute atomic E-state index is 0.0544. The Morgan fingerprint density at radius 2 is 2.07 bits per heavy atom. The molecule has 0 bridgehead atoms. The van der Waals surface area contributed by atoms with Gasteiger partial charge in [-0.1, -0.05) is 6.07 Å². The molecule has 1 saturated carbocycles. The van der Waals surface area contributed by atoms with E-state index in [2.05, 4.69) is 25.9 Å². The molecule has 3 aromatic rings. The average Bonchev–Trinajstić information content (AvgIpc) is 3.30. The van der Waals surface area contributed by atoms with Gasteiger partial charge < -0.3 is 14.9 Å². The van der Waals surface area contributed by atoms with E-state index < -0.39 is 0 Å². The average molecular weight is 422 g/mol. The highest BCUT2D eigenvalue weighted by molar-refractivity contribution is 7.09. The molecule has 1 aromatic carbocycles. The molecule has 1 N–H and O–H groups in total. The molecule has 2 aromatic heterocycles. The summed E-state index contributed by atoms with van der Waals surface area (Å²) in [5.41, 5.74) is 4.84. The summed E-state index contributed by atoms with van der Waals surface area (Å²) in [4.78, 5) is 30.1. The molecule has 0 radical (unpaired) electrons. The number of carbonyl (C=O) groups excluding carboxylic acids is 1. The van der Waals surface area contributed by atoms with Crippen LogP contribution < -0.4 is 4.90 Å². The maximum Gasteiger partial charge on any atom is 0.253 e. The van der Waals surface area contributed by atoms with Crippen LogP contribution in [0.1, 0.15) is 33.8 Å². The first-order valence-electron chi connectivity index (χ1n) is 10.0. The highest BCUT2D eigenvalue weighted by Gasteiger charge is 2.52. The molecule has 2 aliphatic rings. The van der Waals surface area contributed by atoms with Crippen molar-refractivity contribution in [2.24, 2.45) is 0 Å². The molecule has 1 aliphatic heterocycles. The summed E-state index contributed by atoms with van der Waals surface area (Å²) in [6.07, 6.45) is 5.92. The zero-order chi connectivity index (χ0) is 20.9. The zero-order valence-corrected chi connectivity index (χ0v) is 17.8. The van der Waals surface area contributed by atoms with E-state index in [1.165, 1.54) is 10.5 Å². The summed E-state index contributed by atoms with van der Waals surface area (Å²) in [6, 6.07) is 5.92. The molecule has 5 rings (SSSR count). The normalized spacial score (nSPS) is 16.0. The third kappa shape index (κ3) is 3.16. The van der Waals surface area contributed by atoms with Crippen LogP contribution >= 0.6 is 11.3 Å². The summed E-state index contributed by atoms with van der Waals surface area (Å²) in [7, 11) is 1.70. The molecule has 1 aliphatic carbocycles. The summed E-state index contributed by atoms with van der Waals surface area (Å²) in [6.45, 7) is 3.07. The minimum atomic E-state index is -0.0984. The summed E-state index contributed by atoms with van der Waals surface area (Å²) >= 11 is 1.61. The number of aliphatic hydroxyl groups is 1. The highest BCUT2D eigenvalue weighted by atomic mass is 32.1. The standard InChI is InChI=1S/C22H23N5O2S/c1-14-25-18(12-30-14)16-10-23-21(24-11-16)27-13-22(5-6-22)17-4-3-15(9-19(17)27)20(29)26(2)7-8-28/h3-4,9-12,28H,5-8,13H2,1-2H3. The van der Waals surface area contributed by atoms with E-state index in [4.69, 9.17) is 5.11 Å². The molecular formula is C22H23N5O2S. The molecule has 1 amide bonds. The number of aryl methyl sites for hydroxylation is 1. The number of benzene rings is 1. The number of amides is 1. The second kappa shape index (κ2) is 7.14. The van der Waals surface area contributed by atoms with Gasteiger partial charge in [-0.05, 0) is 37.5 Å². The lowest BCUT2D eigenvalue weighted by atomic mass is 9.97. The number of anilines is 2. The van der Waals surface area contributed by atoms with Gasteiger partial charge in [0.1, 0.15) is 0 Å². The molecule has 0 atom stereocenters. The van der Waals surface area contributed by atoms with Gasteiger partial charge >= 0.3 is 0 Å². The van der Waals surface area contributed by atoms with Crippen LogP contribution in [0.15, 0.2) is 36.0 Å². The number of aromatic nitrogens is 3. The van der Waals surface area contributed by atoms with E-state index in [1.807, 2.05) is 36.8 Å². The molecule has 8 heteroatoms. The summed E-state index contributed by atoms with van der Waals surface area (Å²) in [5.74, 6) is 0.544. The van der Waals surface area contributed by atoms with Gasteiger partial charge in [-0.3, -0.25) is 4.79 Å². The topological polar surface area (TPSA) is 82.5 Å². The second-order valence-electron chi connectivity index (χ2n) is 8.07. The number of hydrogen-bond acceptors (Lipinski definition) is 7. The number of fused-ring (bicyclic) bond motifs is 2. The van der Waals surface area contributed by atoms with Crippen molar-refractivity contribution in [1.82, 2.24) is 19.9 Å². The predicted octanol–water partition coefficient (Wildman–Crippen LogP) is 3.16. The van der Waals surface area contributed by atoms with Gasteiger partial charge in [0.2, 0.25) is 5.95 Å². The molecule has 1 spiro atoms. The van der Waals surface area contributed by atoms with Crippen molar-refractivity contribution in [3.05, 3.63) is 52.1 Å². The minimum Gasteiger partial charge on any atom is -0.395 e. The first kappa shape index (κ1) is 19.1. The maximum absolute atomic E-state index is 12.7. The Hall–Kier alpha value is -2.84. The van der Waals surface area contributed by atoms with Gasteiger partial charge in [0.25, 0.3) is 5.91 Å². The Morgan fingerprint density at radius 3 is 2.70 bits per heavy atom. The Morgan fingerprint density at radius 1 is 1.30 bits per heavy atom. The highest BCUT2D eigenvalue weighted by Crippen LogP contribution is 2.57. The number of likely N-dealkylation sites (N-methyl/N-ethyl adjacent to an activating group) is 1. The largest absolute Gasteiger partial charge is 0.395 e. The molecule has 0 saturated heterocycles. The lowest BCUT2D eigenvalue weighted by Crippen LogP contribution is -2.29. The number of aliphatic hydroxyl groups excluding tert-OH is 1.